The van der Waals surface area contributed by atoms with E-state index in [-0.39, 0.29) is 5.91 Å². The predicted octanol–water partition coefficient (Wildman–Crippen LogP) is 4.08. The molecule has 0 aliphatic heterocycles. The van der Waals surface area contributed by atoms with Crippen LogP contribution in [0.4, 0.5) is 5.69 Å². The van der Waals surface area contributed by atoms with Crippen LogP contribution in [0.25, 0.3) is 0 Å². The highest BCUT2D eigenvalue weighted by Gasteiger charge is 2.10. The van der Waals surface area contributed by atoms with Crippen molar-refractivity contribution in [1.29, 1.82) is 0 Å². The molecular formula is C17H19BrN2O. The van der Waals surface area contributed by atoms with Crippen LogP contribution in [0.2, 0.25) is 0 Å². The Kier molecular flexibility index (Phi) is 5.02. The van der Waals surface area contributed by atoms with Crippen molar-refractivity contribution in [1.82, 2.24) is 5.32 Å². The van der Waals surface area contributed by atoms with Crippen molar-refractivity contribution in [3.63, 3.8) is 0 Å². The molecule has 0 saturated heterocycles. The number of carbonyl (C=O) groups is 1. The zero-order valence-electron chi connectivity index (χ0n) is 12.2. The molecule has 0 aliphatic rings. The Hall–Kier alpha value is -1.81. The standard InChI is InChI=1S/C17H19BrN2O/c1-11(2)13-5-3-12(4-6-13)10-20-17(21)15-9-14(18)7-8-16(15)19/h3-9,11H,10,19H2,1-2H3,(H,20,21). The van der Waals surface area contributed by atoms with Gasteiger partial charge >= 0.3 is 0 Å². The third-order valence-electron chi connectivity index (χ3n) is 3.36. The zero-order chi connectivity index (χ0) is 15.4. The van der Waals surface area contributed by atoms with Gasteiger partial charge in [-0.25, -0.2) is 0 Å². The molecule has 0 atom stereocenters. The molecule has 110 valence electrons. The Morgan fingerprint density at radius 3 is 2.48 bits per heavy atom. The van der Waals surface area contributed by atoms with Gasteiger partial charge in [0.05, 0.1) is 5.56 Å². The maximum atomic E-state index is 12.2. The molecule has 3 N–H and O–H groups in total. The van der Waals surface area contributed by atoms with E-state index in [1.807, 2.05) is 18.2 Å². The number of anilines is 1. The first-order valence-corrected chi connectivity index (χ1v) is 7.68. The Morgan fingerprint density at radius 1 is 1.19 bits per heavy atom. The third-order valence-corrected chi connectivity index (χ3v) is 3.85. The Morgan fingerprint density at radius 2 is 1.86 bits per heavy atom. The van der Waals surface area contributed by atoms with Crippen molar-refractivity contribution in [3.05, 3.63) is 63.6 Å². The smallest absolute Gasteiger partial charge is 0.253 e. The molecule has 0 radical (unpaired) electrons. The van der Waals surface area contributed by atoms with Gasteiger partial charge in [0.15, 0.2) is 0 Å². The number of nitrogens with two attached hydrogens (primary N) is 1. The van der Waals surface area contributed by atoms with E-state index in [9.17, 15) is 4.79 Å². The lowest BCUT2D eigenvalue weighted by molar-refractivity contribution is 0.0951. The Labute approximate surface area is 133 Å². The van der Waals surface area contributed by atoms with Crippen LogP contribution in [0.1, 0.15) is 41.3 Å². The third kappa shape index (κ3) is 4.08. The zero-order valence-corrected chi connectivity index (χ0v) is 13.8. The minimum absolute atomic E-state index is 0.165. The van der Waals surface area contributed by atoms with Crippen LogP contribution < -0.4 is 11.1 Å². The molecule has 2 aromatic rings. The van der Waals surface area contributed by atoms with Gasteiger partial charge in [-0.1, -0.05) is 54.0 Å². The molecule has 0 spiro atoms. The SMILES string of the molecule is CC(C)c1ccc(CNC(=O)c2cc(Br)ccc2N)cc1. The molecule has 0 aliphatic carbocycles. The van der Waals surface area contributed by atoms with Gasteiger partial charge in [0.1, 0.15) is 0 Å². The van der Waals surface area contributed by atoms with Crippen LogP contribution in [0.3, 0.4) is 0 Å². The topological polar surface area (TPSA) is 55.1 Å². The summed E-state index contributed by atoms with van der Waals surface area (Å²) in [5.41, 5.74) is 9.16. The van der Waals surface area contributed by atoms with Gasteiger partial charge in [-0.2, -0.15) is 0 Å². The summed E-state index contributed by atoms with van der Waals surface area (Å²) in [7, 11) is 0. The second-order valence-corrected chi connectivity index (χ2v) is 6.23. The Balaban J connectivity index is 2.02. The molecule has 1 amide bonds. The number of nitrogens with one attached hydrogen (secondary N) is 1. The van der Waals surface area contributed by atoms with Gasteiger partial charge < -0.3 is 11.1 Å². The lowest BCUT2D eigenvalue weighted by Gasteiger charge is -2.10. The lowest BCUT2D eigenvalue weighted by atomic mass is 10.0. The van der Waals surface area contributed by atoms with Gasteiger partial charge in [0.25, 0.3) is 5.91 Å². The average molecular weight is 347 g/mol. The number of hydrogen-bond acceptors (Lipinski definition) is 2. The molecule has 0 aromatic heterocycles. The summed E-state index contributed by atoms with van der Waals surface area (Å²) in [6.45, 7) is 4.81. The molecule has 3 nitrogen and oxygen atoms in total. The van der Waals surface area contributed by atoms with Crippen LogP contribution in [0, 0.1) is 0 Å². The van der Waals surface area contributed by atoms with Crippen molar-refractivity contribution < 1.29 is 4.79 Å². The first kappa shape index (κ1) is 15.6. The molecule has 2 rings (SSSR count). The molecule has 2 aromatic carbocycles. The molecule has 0 bridgehead atoms. The van der Waals surface area contributed by atoms with Gasteiger partial charge in [-0.15, -0.1) is 0 Å². The predicted molar refractivity (Wildman–Crippen MR) is 90.3 cm³/mol. The highest BCUT2D eigenvalue weighted by atomic mass is 79.9. The highest BCUT2D eigenvalue weighted by molar-refractivity contribution is 9.10. The van der Waals surface area contributed by atoms with Gasteiger partial charge in [0, 0.05) is 16.7 Å². The summed E-state index contributed by atoms with van der Waals surface area (Å²) in [5.74, 6) is 0.344. The van der Waals surface area contributed by atoms with E-state index in [2.05, 4.69) is 47.2 Å². The van der Waals surface area contributed by atoms with E-state index in [4.69, 9.17) is 5.73 Å². The lowest BCUT2D eigenvalue weighted by Crippen LogP contribution is -2.23. The van der Waals surface area contributed by atoms with Crippen molar-refractivity contribution in [2.24, 2.45) is 0 Å². The van der Waals surface area contributed by atoms with E-state index in [0.29, 0.717) is 23.7 Å². The van der Waals surface area contributed by atoms with Crippen LogP contribution >= 0.6 is 15.9 Å². The van der Waals surface area contributed by atoms with E-state index < -0.39 is 0 Å². The van der Waals surface area contributed by atoms with E-state index in [1.54, 1.807) is 12.1 Å². The number of hydrogen-bond donors (Lipinski definition) is 2. The van der Waals surface area contributed by atoms with Crippen molar-refractivity contribution in [3.8, 4) is 0 Å². The van der Waals surface area contributed by atoms with Crippen LogP contribution in [-0.2, 0) is 6.54 Å². The molecular weight excluding hydrogens is 328 g/mol. The second-order valence-electron chi connectivity index (χ2n) is 5.31. The van der Waals surface area contributed by atoms with E-state index in [0.717, 1.165) is 10.0 Å². The number of benzene rings is 2. The molecule has 0 unspecified atom stereocenters. The fraction of sp³-hybridized carbons (Fsp3) is 0.235. The summed E-state index contributed by atoms with van der Waals surface area (Å²) >= 11 is 3.35. The first-order valence-electron chi connectivity index (χ1n) is 6.89. The minimum atomic E-state index is -0.165. The van der Waals surface area contributed by atoms with Crippen molar-refractivity contribution in [2.45, 2.75) is 26.3 Å². The summed E-state index contributed by atoms with van der Waals surface area (Å²) in [6, 6.07) is 13.5. The van der Waals surface area contributed by atoms with Crippen molar-refractivity contribution in [2.75, 3.05) is 5.73 Å². The fourth-order valence-corrected chi connectivity index (χ4v) is 2.38. The molecule has 0 fully saturated rings. The number of carbonyl (C=O) groups excluding carboxylic acids is 1. The summed E-state index contributed by atoms with van der Waals surface area (Å²) in [5, 5.41) is 2.89. The fourth-order valence-electron chi connectivity index (χ4n) is 2.02. The second kappa shape index (κ2) is 6.76. The quantitative estimate of drug-likeness (QED) is 0.819. The molecule has 21 heavy (non-hydrogen) atoms. The largest absolute Gasteiger partial charge is 0.398 e. The number of halogens is 1. The van der Waals surface area contributed by atoms with Crippen LogP contribution in [-0.4, -0.2) is 5.91 Å². The van der Waals surface area contributed by atoms with E-state index >= 15 is 0 Å². The van der Waals surface area contributed by atoms with Crippen LogP contribution in [0.15, 0.2) is 46.9 Å². The molecule has 0 heterocycles. The van der Waals surface area contributed by atoms with Gasteiger partial charge in [-0.3, -0.25) is 4.79 Å². The van der Waals surface area contributed by atoms with Gasteiger partial charge in [0.2, 0.25) is 0 Å². The average Bonchev–Trinajstić information content (AvgIpc) is 2.47. The maximum absolute atomic E-state index is 12.2. The summed E-state index contributed by atoms with van der Waals surface area (Å²) in [6.07, 6.45) is 0. The number of rotatable bonds is 4. The number of nitrogen functional groups attached to an aromatic ring is 1. The van der Waals surface area contributed by atoms with Crippen molar-refractivity contribution >= 4 is 27.5 Å². The first-order chi connectivity index (χ1) is 9.97. The van der Waals surface area contributed by atoms with E-state index in [1.165, 1.54) is 5.56 Å². The minimum Gasteiger partial charge on any atom is -0.398 e. The van der Waals surface area contributed by atoms with Crippen LogP contribution in [0.5, 0.6) is 0 Å². The maximum Gasteiger partial charge on any atom is 0.253 e. The van der Waals surface area contributed by atoms with Gasteiger partial charge in [-0.05, 0) is 35.2 Å². The molecule has 0 saturated carbocycles. The molecule has 4 heteroatoms. The Bertz CT molecular complexity index is 636. The summed E-state index contributed by atoms with van der Waals surface area (Å²) in [4.78, 5) is 12.2. The highest BCUT2D eigenvalue weighted by Crippen LogP contribution is 2.19. The summed E-state index contributed by atoms with van der Waals surface area (Å²) < 4.78 is 0.836. The number of amides is 1. The monoisotopic (exact) mass is 346 g/mol. The normalized spacial score (nSPS) is 10.7.